The average molecular weight is 300 g/mol. The Kier molecular flexibility index (Phi) is 3.41. The largest absolute Gasteiger partial charge is 0.478 e. The molecule has 0 atom stereocenters. The number of rotatable bonds is 3. The van der Waals surface area contributed by atoms with Gasteiger partial charge in [-0.3, -0.25) is 4.98 Å². The monoisotopic (exact) mass is 299 g/mol. The first-order valence-electron chi connectivity index (χ1n) is 6.14. The van der Waals surface area contributed by atoms with Crippen molar-refractivity contribution >= 4 is 17.6 Å². The number of carboxylic acids is 1. The molecule has 0 bridgehead atoms. The van der Waals surface area contributed by atoms with E-state index in [2.05, 4.69) is 10.1 Å². The molecule has 0 unspecified atom stereocenters. The lowest BCUT2D eigenvalue weighted by Crippen LogP contribution is -1.96. The Balaban J connectivity index is 2.16. The lowest BCUT2D eigenvalue weighted by atomic mass is 10.1. The molecule has 1 N–H and O–H groups in total. The lowest BCUT2D eigenvalue weighted by molar-refractivity contribution is 0.0697. The molecule has 6 heteroatoms. The van der Waals surface area contributed by atoms with E-state index < -0.39 is 5.97 Å². The first-order chi connectivity index (χ1) is 10.1. The second-order valence-electron chi connectivity index (χ2n) is 4.36. The van der Waals surface area contributed by atoms with Gasteiger partial charge in [0.1, 0.15) is 11.3 Å². The van der Waals surface area contributed by atoms with Crippen LogP contribution in [0.4, 0.5) is 0 Å². The van der Waals surface area contributed by atoms with Gasteiger partial charge < -0.3 is 5.11 Å². The van der Waals surface area contributed by atoms with Crippen LogP contribution in [0.2, 0.25) is 5.02 Å². The standard InChI is InChI=1S/C15H10ClN3O2/c16-11-3-1-2-10(8-11)14-13(15(20)21)9-19(18-14)12-4-6-17-7-5-12/h1-9H,(H,20,21). The summed E-state index contributed by atoms with van der Waals surface area (Å²) in [5.41, 5.74) is 1.89. The number of carboxylic acid groups (broad SMARTS) is 1. The van der Waals surface area contributed by atoms with E-state index in [9.17, 15) is 9.90 Å². The van der Waals surface area contributed by atoms with Crippen LogP contribution in [0.1, 0.15) is 10.4 Å². The van der Waals surface area contributed by atoms with E-state index in [0.717, 1.165) is 5.69 Å². The maximum Gasteiger partial charge on any atom is 0.339 e. The van der Waals surface area contributed by atoms with Crippen LogP contribution in [0, 0.1) is 0 Å². The van der Waals surface area contributed by atoms with Crippen molar-refractivity contribution in [2.75, 3.05) is 0 Å². The quantitative estimate of drug-likeness (QED) is 0.806. The number of aromatic carboxylic acids is 1. The van der Waals surface area contributed by atoms with Crippen molar-refractivity contribution in [3.05, 3.63) is 65.6 Å². The summed E-state index contributed by atoms with van der Waals surface area (Å²) in [7, 11) is 0. The van der Waals surface area contributed by atoms with Crippen molar-refractivity contribution in [2.45, 2.75) is 0 Å². The normalized spacial score (nSPS) is 10.5. The molecule has 0 aliphatic rings. The highest BCUT2D eigenvalue weighted by atomic mass is 35.5. The molecule has 0 amide bonds. The highest BCUT2D eigenvalue weighted by Gasteiger charge is 2.17. The topological polar surface area (TPSA) is 68.0 Å². The fourth-order valence-electron chi connectivity index (χ4n) is 2.01. The molecule has 0 fully saturated rings. The van der Waals surface area contributed by atoms with Crippen molar-refractivity contribution in [2.24, 2.45) is 0 Å². The molecule has 1 aromatic carbocycles. The highest BCUT2D eigenvalue weighted by molar-refractivity contribution is 6.30. The summed E-state index contributed by atoms with van der Waals surface area (Å²) in [5, 5.41) is 14.3. The molecule has 21 heavy (non-hydrogen) atoms. The van der Waals surface area contributed by atoms with E-state index in [1.54, 1.807) is 48.8 Å². The smallest absolute Gasteiger partial charge is 0.339 e. The van der Waals surface area contributed by atoms with E-state index in [4.69, 9.17) is 11.6 Å². The lowest BCUT2D eigenvalue weighted by Gasteiger charge is -2.00. The van der Waals surface area contributed by atoms with Crippen LogP contribution in [-0.4, -0.2) is 25.8 Å². The minimum atomic E-state index is -1.04. The fraction of sp³-hybridized carbons (Fsp3) is 0. The molecule has 104 valence electrons. The predicted molar refractivity (Wildman–Crippen MR) is 78.8 cm³/mol. The SMILES string of the molecule is O=C(O)c1cn(-c2ccncc2)nc1-c1cccc(Cl)c1. The molecule has 0 aliphatic carbocycles. The first-order valence-corrected chi connectivity index (χ1v) is 6.52. The van der Waals surface area contributed by atoms with Gasteiger partial charge in [0.25, 0.3) is 0 Å². The predicted octanol–water partition coefficient (Wildman–Crippen LogP) is 3.29. The van der Waals surface area contributed by atoms with Crippen LogP contribution in [0.3, 0.4) is 0 Å². The zero-order valence-corrected chi connectivity index (χ0v) is 11.5. The number of hydrogen-bond donors (Lipinski definition) is 1. The molecule has 0 saturated carbocycles. The Labute approximate surface area is 125 Å². The summed E-state index contributed by atoms with van der Waals surface area (Å²) in [6, 6.07) is 10.5. The van der Waals surface area contributed by atoms with E-state index in [0.29, 0.717) is 16.3 Å². The number of aromatic nitrogens is 3. The number of pyridine rings is 1. The van der Waals surface area contributed by atoms with Crippen molar-refractivity contribution in [3.8, 4) is 16.9 Å². The number of hydrogen-bond acceptors (Lipinski definition) is 3. The maximum absolute atomic E-state index is 11.4. The van der Waals surface area contributed by atoms with Gasteiger partial charge in [0.05, 0.1) is 5.69 Å². The van der Waals surface area contributed by atoms with Crippen LogP contribution < -0.4 is 0 Å². The van der Waals surface area contributed by atoms with Crippen LogP contribution in [0.5, 0.6) is 0 Å². The maximum atomic E-state index is 11.4. The van der Waals surface area contributed by atoms with Crippen molar-refractivity contribution in [1.29, 1.82) is 0 Å². The highest BCUT2D eigenvalue weighted by Crippen LogP contribution is 2.25. The summed E-state index contributed by atoms with van der Waals surface area (Å²) in [6.45, 7) is 0. The van der Waals surface area contributed by atoms with Gasteiger partial charge in [-0.25, -0.2) is 9.48 Å². The van der Waals surface area contributed by atoms with Crippen molar-refractivity contribution in [1.82, 2.24) is 14.8 Å². The third-order valence-electron chi connectivity index (χ3n) is 2.97. The molecule has 0 saturated heterocycles. The van der Waals surface area contributed by atoms with Gasteiger partial charge >= 0.3 is 5.97 Å². The molecular weight excluding hydrogens is 290 g/mol. The van der Waals surface area contributed by atoms with E-state index in [1.165, 1.54) is 10.9 Å². The fourth-order valence-corrected chi connectivity index (χ4v) is 2.20. The summed E-state index contributed by atoms with van der Waals surface area (Å²) in [5.74, 6) is -1.04. The summed E-state index contributed by atoms with van der Waals surface area (Å²) in [4.78, 5) is 15.4. The second-order valence-corrected chi connectivity index (χ2v) is 4.79. The summed E-state index contributed by atoms with van der Waals surface area (Å²) < 4.78 is 1.52. The van der Waals surface area contributed by atoms with Crippen LogP contribution in [0.15, 0.2) is 55.0 Å². The molecule has 3 aromatic rings. The molecular formula is C15H10ClN3O2. The van der Waals surface area contributed by atoms with Gasteiger partial charge in [-0.2, -0.15) is 5.10 Å². The van der Waals surface area contributed by atoms with Gasteiger partial charge in [-0.05, 0) is 24.3 Å². The Morgan fingerprint density at radius 3 is 2.62 bits per heavy atom. The Morgan fingerprint density at radius 2 is 1.95 bits per heavy atom. The second kappa shape index (κ2) is 5.38. The van der Waals surface area contributed by atoms with E-state index in [1.807, 2.05) is 0 Å². The van der Waals surface area contributed by atoms with Crippen LogP contribution in [0.25, 0.3) is 16.9 Å². The zero-order valence-electron chi connectivity index (χ0n) is 10.8. The third-order valence-corrected chi connectivity index (χ3v) is 3.21. The molecule has 2 aromatic heterocycles. The molecule has 3 rings (SSSR count). The minimum absolute atomic E-state index is 0.120. The summed E-state index contributed by atoms with van der Waals surface area (Å²) >= 11 is 5.96. The molecule has 5 nitrogen and oxygen atoms in total. The Morgan fingerprint density at radius 1 is 1.19 bits per heavy atom. The van der Waals surface area contributed by atoms with E-state index >= 15 is 0 Å². The third kappa shape index (κ3) is 2.64. The number of nitrogens with zero attached hydrogens (tertiary/aromatic N) is 3. The van der Waals surface area contributed by atoms with Crippen LogP contribution >= 0.6 is 11.6 Å². The Bertz CT molecular complexity index is 800. The first kappa shape index (κ1) is 13.3. The zero-order chi connectivity index (χ0) is 14.8. The number of halogens is 1. The number of benzene rings is 1. The Hall–Kier alpha value is -2.66. The van der Waals surface area contributed by atoms with Gasteiger partial charge in [0, 0.05) is 29.2 Å². The summed E-state index contributed by atoms with van der Waals surface area (Å²) in [6.07, 6.45) is 4.72. The van der Waals surface area contributed by atoms with Gasteiger partial charge in [-0.1, -0.05) is 23.7 Å². The van der Waals surface area contributed by atoms with Crippen molar-refractivity contribution < 1.29 is 9.90 Å². The number of carbonyl (C=O) groups is 1. The van der Waals surface area contributed by atoms with Gasteiger partial charge in [-0.15, -0.1) is 0 Å². The average Bonchev–Trinajstić information content (AvgIpc) is 2.93. The molecule has 0 aliphatic heterocycles. The molecule has 2 heterocycles. The van der Waals surface area contributed by atoms with E-state index in [-0.39, 0.29) is 5.56 Å². The van der Waals surface area contributed by atoms with Gasteiger partial charge in [0.2, 0.25) is 0 Å². The minimum Gasteiger partial charge on any atom is -0.478 e. The van der Waals surface area contributed by atoms with Crippen LogP contribution in [-0.2, 0) is 0 Å². The molecule has 0 radical (unpaired) electrons. The van der Waals surface area contributed by atoms with Gasteiger partial charge in [0.15, 0.2) is 0 Å². The molecule has 0 spiro atoms. The van der Waals surface area contributed by atoms with Crippen molar-refractivity contribution in [3.63, 3.8) is 0 Å².